The smallest absolute Gasteiger partial charge is 0.0761 e. The largest absolute Gasteiger partial charge is 0.0836 e. The summed E-state index contributed by atoms with van der Waals surface area (Å²) in [5.74, 6) is 0.813. The van der Waals surface area contributed by atoms with E-state index in [-0.39, 0.29) is 0 Å². The van der Waals surface area contributed by atoms with Crippen molar-refractivity contribution in [3.05, 3.63) is 21.2 Å². The van der Waals surface area contributed by atoms with E-state index in [4.69, 9.17) is 11.6 Å². The zero-order valence-electron chi connectivity index (χ0n) is 10.4. The molecule has 0 saturated heterocycles. The maximum Gasteiger partial charge on any atom is 0.0836 e. The topological polar surface area (TPSA) is 0 Å². The van der Waals surface area contributed by atoms with E-state index in [2.05, 4.69) is 35.9 Å². The van der Waals surface area contributed by atoms with Gasteiger partial charge in [0.05, 0.1) is 3.94 Å². The van der Waals surface area contributed by atoms with Gasteiger partial charge >= 0.3 is 0 Å². The first-order valence-corrected chi connectivity index (χ1v) is 7.60. The van der Waals surface area contributed by atoms with E-state index in [1.54, 1.807) is 5.57 Å². The summed E-state index contributed by atoms with van der Waals surface area (Å²) in [4.78, 5) is 0. The first-order chi connectivity index (χ1) is 7.69. The maximum absolute atomic E-state index is 5.94. The van der Waals surface area contributed by atoms with Crippen molar-refractivity contribution in [1.29, 1.82) is 0 Å². The molecule has 2 heteroatoms. The van der Waals surface area contributed by atoms with Crippen LogP contribution in [0, 0.1) is 5.92 Å². The van der Waals surface area contributed by atoms with E-state index >= 15 is 0 Å². The first kappa shape index (κ1) is 14.3. The fourth-order valence-corrected chi connectivity index (χ4v) is 3.14. The van der Waals surface area contributed by atoms with Crippen molar-refractivity contribution in [3.8, 4) is 0 Å². The Morgan fingerprint density at radius 3 is 2.75 bits per heavy atom. The lowest BCUT2D eigenvalue weighted by molar-refractivity contribution is 0.449. The molecule has 0 nitrogen and oxygen atoms in total. The van der Waals surface area contributed by atoms with Crippen molar-refractivity contribution in [2.75, 3.05) is 0 Å². The van der Waals surface area contributed by atoms with Crippen molar-refractivity contribution in [2.45, 2.75) is 58.8 Å². The normalized spacial score (nSPS) is 22.8. The third kappa shape index (κ3) is 4.25. The highest BCUT2D eigenvalue weighted by Crippen LogP contribution is 2.37. The van der Waals surface area contributed by atoms with Crippen LogP contribution in [0.1, 0.15) is 58.8 Å². The summed E-state index contributed by atoms with van der Waals surface area (Å²) in [5, 5.41) is 0. The molecule has 1 unspecified atom stereocenters. The molecule has 0 heterocycles. The molecule has 1 aliphatic carbocycles. The van der Waals surface area contributed by atoms with Crippen molar-refractivity contribution >= 4 is 27.5 Å². The zero-order valence-corrected chi connectivity index (χ0v) is 12.7. The second kappa shape index (κ2) is 7.55. The third-order valence-corrected chi connectivity index (χ3v) is 3.68. The van der Waals surface area contributed by atoms with Gasteiger partial charge < -0.3 is 0 Å². The van der Waals surface area contributed by atoms with Crippen molar-refractivity contribution in [2.24, 2.45) is 5.92 Å². The van der Waals surface area contributed by atoms with Gasteiger partial charge in [-0.15, -0.1) is 0 Å². The Bertz CT molecular complexity index is 274. The summed E-state index contributed by atoms with van der Waals surface area (Å²) in [6.45, 7) is 4.55. The molecule has 0 bridgehead atoms. The number of allylic oxidation sites excluding steroid dienone is 3. The Hall–Kier alpha value is 0.250. The van der Waals surface area contributed by atoms with Crippen LogP contribution in [-0.4, -0.2) is 0 Å². The molecule has 0 aromatic carbocycles. The van der Waals surface area contributed by atoms with E-state index in [0.717, 1.165) is 9.86 Å². The van der Waals surface area contributed by atoms with Gasteiger partial charge in [-0.3, -0.25) is 0 Å². The highest BCUT2D eigenvalue weighted by molar-refractivity contribution is 9.12. The van der Waals surface area contributed by atoms with Crippen LogP contribution < -0.4 is 0 Å². The molecule has 0 spiro atoms. The molecule has 0 fully saturated rings. The Morgan fingerprint density at radius 2 is 2.19 bits per heavy atom. The van der Waals surface area contributed by atoms with Gasteiger partial charge in [0.2, 0.25) is 0 Å². The molecule has 1 aliphatic rings. The van der Waals surface area contributed by atoms with Gasteiger partial charge in [-0.05, 0) is 65.6 Å². The van der Waals surface area contributed by atoms with Crippen LogP contribution in [0.2, 0.25) is 0 Å². The predicted octanol–water partition coefficient (Wildman–Crippen LogP) is 6.16. The summed E-state index contributed by atoms with van der Waals surface area (Å²) >= 11 is 9.28. The predicted molar refractivity (Wildman–Crippen MR) is 77.0 cm³/mol. The van der Waals surface area contributed by atoms with Crippen LogP contribution in [0.4, 0.5) is 0 Å². The molecule has 1 atom stereocenters. The summed E-state index contributed by atoms with van der Waals surface area (Å²) in [5.41, 5.74) is 3.17. The number of rotatable bonds is 5. The average molecular weight is 306 g/mol. The second-order valence-corrected chi connectivity index (χ2v) is 6.33. The standard InChI is InChI=1S/C14H22BrCl/c1-3-6-11-8-5-9-12(10-14(15)16)13(11)7-4-2/h10-11H,3-9H2,1-2H3/b14-10+. The highest BCUT2D eigenvalue weighted by atomic mass is 79.9. The van der Waals surface area contributed by atoms with Gasteiger partial charge in [0.15, 0.2) is 0 Å². The Morgan fingerprint density at radius 1 is 1.44 bits per heavy atom. The lowest BCUT2D eigenvalue weighted by atomic mass is 9.78. The van der Waals surface area contributed by atoms with Gasteiger partial charge in [-0.1, -0.05) is 43.9 Å². The lowest BCUT2D eigenvalue weighted by Crippen LogP contribution is -2.12. The zero-order chi connectivity index (χ0) is 12.0. The van der Waals surface area contributed by atoms with Crippen LogP contribution in [0.5, 0.6) is 0 Å². The molecule has 92 valence electrons. The van der Waals surface area contributed by atoms with Gasteiger partial charge in [-0.2, -0.15) is 0 Å². The summed E-state index contributed by atoms with van der Waals surface area (Å²) < 4.78 is 0.744. The minimum Gasteiger partial charge on any atom is -0.0761 e. The van der Waals surface area contributed by atoms with E-state index in [9.17, 15) is 0 Å². The van der Waals surface area contributed by atoms with Gasteiger partial charge in [0.25, 0.3) is 0 Å². The van der Waals surface area contributed by atoms with Crippen LogP contribution in [-0.2, 0) is 0 Å². The molecular formula is C14H22BrCl. The SMILES string of the molecule is CCCC1=C(/C=C(/Cl)Br)CCCC1CCC. The number of hydrogen-bond acceptors (Lipinski definition) is 0. The number of hydrogen-bond donors (Lipinski definition) is 0. The van der Waals surface area contributed by atoms with Crippen molar-refractivity contribution < 1.29 is 0 Å². The highest BCUT2D eigenvalue weighted by Gasteiger charge is 2.20. The van der Waals surface area contributed by atoms with E-state index in [0.29, 0.717) is 0 Å². The van der Waals surface area contributed by atoms with Crippen LogP contribution in [0.15, 0.2) is 21.2 Å². The third-order valence-electron chi connectivity index (χ3n) is 3.34. The average Bonchev–Trinajstić information content (AvgIpc) is 2.22. The fraction of sp³-hybridized carbons (Fsp3) is 0.714. The Balaban J connectivity index is 2.92. The van der Waals surface area contributed by atoms with Gasteiger partial charge in [-0.25, -0.2) is 0 Å². The summed E-state index contributed by atoms with van der Waals surface area (Å²) in [6, 6.07) is 0. The van der Waals surface area contributed by atoms with E-state index in [1.165, 1.54) is 50.5 Å². The molecule has 0 aliphatic heterocycles. The molecule has 0 N–H and O–H groups in total. The molecule has 16 heavy (non-hydrogen) atoms. The second-order valence-electron chi connectivity index (χ2n) is 4.61. The molecule has 0 radical (unpaired) electrons. The van der Waals surface area contributed by atoms with Crippen LogP contribution in [0.3, 0.4) is 0 Å². The Kier molecular flexibility index (Phi) is 6.75. The Labute approximate surface area is 113 Å². The monoisotopic (exact) mass is 304 g/mol. The molecular weight excluding hydrogens is 284 g/mol. The van der Waals surface area contributed by atoms with E-state index < -0.39 is 0 Å². The quantitative estimate of drug-likeness (QED) is 0.570. The maximum atomic E-state index is 5.94. The van der Waals surface area contributed by atoms with Crippen molar-refractivity contribution in [3.63, 3.8) is 0 Å². The number of halogens is 2. The fourth-order valence-electron chi connectivity index (χ4n) is 2.73. The van der Waals surface area contributed by atoms with Gasteiger partial charge in [0, 0.05) is 0 Å². The molecule has 0 aromatic heterocycles. The summed E-state index contributed by atoms with van der Waals surface area (Å²) in [6.07, 6.45) is 11.1. The molecule has 0 amide bonds. The van der Waals surface area contributed by atoms with Crippen molar-refractivity contribution in [1.82, 2.24) is 0 Å². The van der Waals surface area contributed by atoms with E-state index in [1.807, 2.05) is 0 Å². The lowest BCUT2D eigenvalue weighted by Gasteiger charge is -2.27. The first-order valence-electron chi connectivity index (χ1n) is 6.43. The van der Waals surface area contributed by atoms with Gasteiger partial charge in [0.1, 0.15) is 0 Å². The van der Waals surface area contributed by atoms with Crippen LogP contribution in [0.25, 0.3) is 0 Å². The van der Waals surface area contributed by atoms with Crippen LogP contribution >= 0.6 is 27.5 Å². The molecule has 1 rings (SSSR count). The minimum absolute atomic E-state index is 0.744. The minimum atomic E-state index is 0.744. The summed E-state index contributed by atoms with van der Waals surface area (Å²) in [7, 11) is 0. The molecule has 0 saturated carbocycles. The molecule has 0 aromatic rings.